The van der Waals surface area contributed by atoms with E-state index in [1.807, 2.05) is 12.1 Å². The molecule has 0 aromatic heterocycles. The van der Waals surface area contributed by atoms with Gasteiger partial charge in [-0.05, 0) is 36.8 Å². The largest absolute Gasteiger partial charge is 0.264 e. The number of hydrogen-bond acceptors (Lipinski definition) is 3. The standard InChI is InChI=1S/C15H20N2O2S/c1-10-7-8-11(2)13(9-10)16-15-12-5-3-4-6-14(12)20(18,19)17-15/h3-6,10-11,13H,7-9H2,1-2H3,(H,16,17). The molecular weight excluding hydrogens is 272 g/mol. The molecule has 1 aromatic carbocycles. The predicted octanol–water partition coefficient (Wildman–Crippen LogP) is 2.55. The van der Waals surface area contributed by atoms with Crippen molar-refractivity contribution in [1.82, 2.24) is 4.72 Å². The van der Waals surface area contributed by atoms with Gasteiger partial charge in [-0.15, -0.1) is 0 Å². The molecule has 1 aliphatic carbocycles. The van der Waals surface area contributed by atoms with Crippen molar-refractivity contribution in [3.05, 3.63) is 29.8 Å². The van der Waals surface area contributed by atoms with Crippen molar-refractivity contribution in [3.63, 3.8) is 0 Å². The zero-order valence-electron chi connectivity index (χ0n) is 11.8. The quantitative estimate of drug-likeness (QED) is 0.864. The van der Waals surface area contributed by atoms with Gasteiger partial charge in [-0.3, -0.25) is 9.71 Å². The molecule has 0 spiro atoms. The van der Waals surface area contributed by atoms with Crippen LogP contribution in [0.3, 0.4) is 0 Å². The maximum Gasteiger partial charge on any atom is 0.263 e. The summed E-state index contributed by atoms with van der Waals surface area (Å²) in [5, 5.41) is 0. The number of nitrogens with zero attached hydrogens (tertiary/aromatic N) is 1. The van der Waals surface area contributed by atoms with Crippen molar-refractivity contribution in [2.24, 2.45) is 16.8 Å². The van der Waals surface area contributed by atoms with E-state index in [0.29, 0.717) is 28.1 Å². The molecule has 3 unspecified atom stereocenters. The van der Waals surface area contributed by atoms with E-state index in [-0.39, 0.29) is 6.04 Å². The van der Waals surface area contributed by atoms with Gasteiger partial charge in [-0.25, -0.2) is 8.42 Å². The lowest BCUT2D eigenvalue weighted by Gasteiger charge is -2.30. The van der Waals surface area contributed by atoms with Crippen LogP contribution in [0.2, 0.25) is 0 Å². The zero-order valence-corrected chi connectivity index (χ0v) is 12.7. The molecule has 0 radical (unpaired) electrons. The Hall–Kier alpha value is -1.36. The lowest BCUT2D eigenvalue weighted by atomic mass is 9.80. The number of sulfonamides is 1. The summed E-state index contributed by atoms with van der Waals surface area (Å²) >= 11 is 0. The number of benzene rings is 1. The fourth-order valence-electron chi connectivity index (χ4n) is 3.08. The highest BCUT2D eigenvalue weighted by Gasteiger charge is 2.32. The first-order chi connectivity index (χ1) is 9.47. The Balaban J connectivity index is 1.98. The molecule has 2 aliphatic rings. The fourth-order valence-corrected chi connectivity index (χ4v) is 4.32. The van der Waals surface area contributed by atoms with Crippen LogP contribution in [-0.2, 0) is 10.0 Å². The molecule has 1 N–H and O–H groups in total. The monoisotopic (exact) mass is 292 g/mol. The number of fused-ring (bicyclic) bond motifs is 1. The lowest BCUT2D eigenvalue weighted by Crippen LogP contribution is -2.29. The summed E-state index contributed by atoms with van der Waals surface area (Å²) in [7, 11) is -3.42. The van der Waals surface area contributed by atoms with Crippen molar-refractivity contribution in [1.29, 1.82) is 0 Å². The van der Waals surface area contributed by atoms with Crippen molar-refractivity contribution >= 4 is 15.9 Å². The van der Waals surface area contributed by atoms with Gasteiger partial charge in [-0.1, -0.05) is 32.4 Å². The number of amidine groups is 1. The summed E-state index contributed by atoms with van der Waals surface area (Å²) in [5.74, 6) is 1.69. The van der Waals surface area contributed by atoms with Crippen LogP contribution in [0.5, 0.6) is 0 Å². The molecule has 0 amide bonds. The van der Waals surface area contributed by atoms with E-state index in [1.54, 1.807) is 12.1 Å². The number of rotatable bonds is 1. The van der Waals surface area contributed by atoms with Gasteiger partial charge in [0, 0.05) is 5.56 Å². The van der Waals surface area contributed by atoms with E-state index in [0.717, 1.165) is 12.8 Å². The Morgan fingerprint density at radius 1 is 1.20 bits per heavy atom. The van der Waals surface area contributed by atoms with Gasteiger partial charge < -0.3 is 0 Å². The molecule has 1 fully saturated rings. The molecule has 108 valence electrons. The Kier molecular flexibility index (Phi) is 3.32. The van der Waals surface area contributed by atoms with Gasteiger partial charge in [0.2, 0.25) is 0 Å². The first-order valence-corrected chi connectivity index (χ1v) is 8.65. The molecule has 20 heavy (non-hydrogen) atoms. The van der Waals surface area contributed by atoms with E-state index in [1.165, 1.54) is 6.42 Å². The summed E-state index contributed by atoms with van der Waals surface area (Å²) < 4.78 is 26.7. The summed E-state index contributed by atoms with van der Waals surface area (Å²) in [6.45, 7) is 4.45. The second-order valence-corrected chi connectivity index (χ2v) is 7.69. The van der Waals surface area contributed by atoms with Crippen molar-refractivity contribution in [2.75, 3.05) is 0 Å². The molecule has 1 saturated carbocycles. The fraction of sp³-hybridized carbons (Fsp3) is 0.533. The number of aliphatic imine (C=N–C) groups is 1. The first-order valence-electron chi connectivity index (χ1n) is 7.17. The van der Waals surface area contributed by atoms with E-state index in [9.17, 15) is 8.42 Å². The lowest BCUT2D eigenvalue weighted by molar-refractivity contribution is 0.267. The summed E-state index contributed by atoms with van der Waals surface area (Å²) in [6.07, 6.45) is 3.44. The van der Waals surface area contributed by atoms with Crippen LogP contribution in [0.4, 0.5) is 0 Å². The predicted molar refractivity (Wildman–Crippen MR) is 79.3 cm³/mol. The van der Waals surface area contributed by atoms with Crippen molar-refractivity contribution < 1.29 is 8.42 Å². The topological polar surface area (TPSA) is 58.5 Å². The molecule has 1 aromatic rings. The van der Waals surface area contributed by atoms with Crippen LogP contribution in [0.1, 0.15) is 38.7 Å². The highest BCUT2D eigenvalue weighted by Crippen LogP contribution is 2.32. The van der Waals surface area contributed by atoms with Crippen LogP contribution < -0.4 is 4.72 Å². The van der Waals surface area contributed by atoms with Crippen molar-refractivity contribution in [2.45, 2.75) is 44.0 Å². The van der Waals surface area contributed by atoms with E-state index >= 15 is 0 Å². The third kappa shape index (κ3) is 2.35. The van der Waals surface area contributed by atoms with Crippen LogP contribution in [-0.4, -0.2) is 20.3 Å². The zero-order chi connectivity index (χ0) is 14.3. The van der Waals surface area contributed by atoms with Crippen LogP contribution in [0, 0.1) is 11.8 Å². The summed E-state index contributed by atoms with van der Waals surface area (Å²) in [5.41, 5.74) is 0.706. The molecule has 1 aliphatic heterocycles. The van der Waals surface area contributed by atoms with Gasteiger partial charge in [-0.2, -0.15) is 0 Å². The smallest absolute Gasteiger partial charge is 0.263 e. The Labute approximate surface area is 120 Å². The average molecular weight is 292 g/mol. The van der Waals surface area contributed by atoms with Gasteiger partial charge in [0.25, 0.3) is 10.0 Å². The SMILES string of the molecule is CC1CCC(C)C(N=C2NS(=O)(=O)c3ccccc32)C1. The minimum Gasteiger partial charge on any atom is -0.264 e. The molecule has 3 atom stereocenters. The second kappa shape index (κ2) is 4.88. The normalized spacial score (nSPS) is 33.7. The van der Waals surface area contributed by atoms with Crippen molar-refractivity contribution in [3.8, 4) is 0 Å². The first kappa shape index (κ1) is 13.6. The maximum atomic E-state index is 12.1. The number of nitrogens with one attached hydrogen (secondary N) is 1. The second-order valence-electron chi connectivity index (χ2n) is 6.04. The molecule has 0 bridgehead atoms. The Bertz CT molecular complexity index is 652. The van der Waals surface area contributed by atoms with E-state index in [2.05, 4.69) is 18.6 Å². The Morgan fingerprint density at radius 3 is 2.75 bits per heavy atom. The molecule has 1 heterocycles. The average Bonchev–Trinajstić information content (AvgIpc) is 2.66. The van der Waals surface area contributed by atoms with Crippen LogP contribution in [0.15, 0.2) is 34.2 Å². The van der Waals surface area contributed by atoms with Gasteiger partial charge in [0.1, 0.15) is 5.84 Å². The minimum absolute atomic E-state index is 0.211. The maximum absolute atomic E-state index is 12.1. The molecular formula is C15H20N2O2S. The molecule has 4 nitrogen and oxygen atoms in total. The third-order valence-corrected chi connectivity index (χ3v) is 5.77. The van der Waals surface area contributed by atoms with E-state index in [4.69, 9.17) is 4.99 Å². The van der Waals surface area contributed by atoms with Gasteiger partial charge in [0.15, 0.2) is 0 Å². The highest BCUT2D eigenvalue weighted by molar-refractivity contribution is 7.90. The third-order valence-electron chi connectivity index (χ3n) is 4.37. The molecule has 5 heteroatoms. The summed E-state index contributed by atoms with van der Waals surface area (Å²) in [6, 6.07) is 7.26. The summed E-state index contributed by atoms with van der Waals surface area (Å²) in [4.78, 5) is 5.07. The highest BCUT2D eigenvalue weighted by atomic mass is 32.2. The molecule has 0 saturated heterocycles. The van der Waals surface area contributed by atoms with Gasteiger partial charge >= 0.3 is 0 Å². The van der Waals surface area contributed by atoms with Crippen LogP contribution >= 0.6 is 0 Å². The van der Waals surface area contributed by atoms with Crippen LogP contribution in [0.25, 0.3) is 0 Å². The molecule has 3 rings (SSSR count). The van der Waals surface area contributed by atoms with Gasteiger partial charge in [0.05, 0.1) is 10.9 Å². The number of hydrogen-bond donors (Lipinski definition) is 1. The Morgan fingerprint density at radius 2 is 1.95 bits per heavy atom. The minimum atomic E-state index is -3.42. The van der Waals surface area contributed by atoms with E-state index < -0.39 is 10.0 Å².